The first-order valence-corrected chi connectivity index (χ1v) is 13.9. The largest absolute Gasteiger partial charge is 0.478 e. The lowest BCUT2D eigenvalue weighted by Crippen LogP contribution is -2.47. The molecule has 0 heterocycles. The smallest absolute Gasteiger partial charge is 0.330 e. The second-order valence-electron chi connectivity index (χ2n) is 8.73. The molecule has 0 aromatic heterocycles. The molecule has 0 aliphatic carbocycles. The molecule has 0 radical (unpaired) electrons. The molecule has 0 spiro atoms. The quantitative estimate of drug-likeness (QED) is 0.191. The van der Waals surface area contributed by atoms with Crippen LogP contribution in [0.25, 0.3) is 0 Å². The Bertz CT molecular complexity index is 535. The van der Waals surface area contributed by atoms with Gasteiger partial charge in [-0.2, -0.15) is 0 Å². The predicted octanol–water partition coefficient (Wildman–Crippen LogP) is 6.11. The summed E-state index contributed by atoms with van der Waals surface area (Å²) < 4.78 is 12.9. The van der Waals surface area contributed by atoms with Crippen molar-refractivity contribution in [3.8, 4) is 0 Å². The Morgan fingerprint density at radius 1 is 1.26 bits per heavy atom. The molecule has 0 saturated heterocycles. The second-order valence-corrected chi connectivity index (χ2v) is 14.3. The van der Waals surface area contributed by atoms with Gasteiger partial charge in [-0.25, -0.2) is 4.79 Å². The van der Waals surface area contributed by atoms with E-state index in [9.17, 15) is 4.79 Å². The number of thioether (sulfide) groups is 1. The highest BCUT2D eigenvalue weighted by atomic mass is 32.2. The average Bonchev–Trinajstić information content (AvgIpc) is 2.57. The van der Waals surface area contributed by atoms with Crippen LogP contribution in [0.5, 0.6) is 0 Å². The fourth-order valence-electron chi connectivity index (χ4n) is 2.44. The summed E-state index contributed by atoms with van der Waals surface area (Å²) in [6.07, 6.45) is 6.30. The normalized spacial score (nSPS) is 17.6. The van der Waals surface area contributed by atoms with Crippen LogP contribution in [0.4, 0.5) is 0 Å². The topological polar surface area (TPSA) is 55.8 Å². The zero-order valence-electron chi connectivity index (χ0n) is 18.9. The van der Waals surface area contributed by atoms with Gasteiger partial charge in [-0.3, -0.25) is 0 Å². The van der Waals surface area contributed by atoms with Gasteiger partial charge in [0.25, 0.3) is 0 Å². The maximum atomic E-state index is 11.1. The maximum absolute atomic E-state index is 11.1. The van der Waals surface area contributed by atoms with E-state index in [0.29, 0.717) is 17.9 Å². The molecular formula is C21H40O4SSi. The molecule has 0 bridgehead atoms. The summed E-state index contributed by atoms with van der Waals surface area (Å²) in [7, 11) is -1.96. The van der Waals surface area contributed by atoms with Crippen LogP contribution in [0.1, 0.15) is 54.9 Å². The van der Waals surface area contributed by atoms with Crippen LogP contribution in [0, 0.1) is 5.92 Å². The van der Waals surface area contributed by atoms with Gasteiger partial charge in [-0.15, -0.1) is 11.8 Å². The Kier molecular flexibility index (Phi) is 11.2. The van der Waals surface area contributed by atoms with Crippen molar-refractivity contribution in [2.45, 2.75) is 85.2 Å². The summed E-state index contributed by atoms with van der Waals surface area (Å²) in [5, 5.41) is 9.27. The van der Waals surface area contributed by atoms with E-state index < -0.39 is 14.3 Å². The van der Waals surface area contributed by atoms with Crippen LogP contribution in [0.15, 0.2) is 23.3 Å². The van der Waals surface area contributed by atoms with Crippen molar-refractivity contribution in [3.63, 3.8) is 0 Å². The first kappa shape index (κ1) is 26.4. The van der Waals surface area contributed by atoms with Crippen LogP contribution < -0.4 is 0 Å². The first-order chi connectivity index (χ1) is 12.3. The number of carboxylic acid groups (broad SMARTS) is 1. The van der Waals surface area contributed by atoms with E-state index in [1.54, 1.807) is 24.8 Å². The average molecular weight is 417 g/mol. The number of allylic oxidation sites excluding steroid dienone is 1. The number of hydrogen-bond donors (Lipinski definition) is 1. The Morgan fingerprint density at radius 3 is 2.22 bits per heavy atom. The highest BCUT2D eigenvalue weighted by Gasteiger charge is 2.41. The number of aliphatic carboxylic acids is 1. The second kappa shape index (κ2) is 11.4. The van der Waals surface area contributed by atoms with Crippen molar-refractivity contribution in [3.05, 3.63) is 23.3 Å². The highest BCUT2D eigenvalue weighted by Crippen LogP contribution is 2.39. The van der Waals surface area contributed by atoms with Crippen molar-refractivity contribution in [1.82, 2.24) is 0 Å². The van der Waals surface area contributed by atoms with E-state index in [4.69, 9.17) is 14.3 Å². The Labute approximate surface area is 171 Å². The molecule has 158 valence electrons. The molecule has 6 heteroatoms. The molecule has 4 nitrogen and oxygen atoms in total. The van der Waals surface area contributed by atoms with Crippen molar-refractivity contribution in [2.24, 2.45) is 5.92 Å². The number of carboxylic acids is 1. The number of hydrogen-bond acceptors (Lipinski definition) is 4. The Morgan fingerprint density at radius 2 is 1.81 bits per heavy atom. The minimum absolute atomic E-state index is 0.0405. The Balaban J connectivity index is 5.68. The van der Waals surface area contributed by atoms with Gasteiger partial charge in [-0.1, -0.05) is 39.8 Å². The zero-order valence-corrected chi connectivity index (χ0v) is 20.7. The summed E-state index contributed by atoms with van der Waals surface area (Å²) in [5.74, 6) is -0.193. The van der Waals surface area contributed by atoms with Gasteiger partial charge in [-0.05, 0) is 57.2 Å². The molecule has 3 atom stereocenters. The van der Waals surface area contributed by atoms with E-state index in [2.05, 4.69) is 53.8 Å². The molecule has 0 rings (SSSR count). The van der Waals surface area contributed by atoms with Crippen LogP contribution in [-0.4, -0.2) is 43.8 Å². The third-order valence-corrected chi connectivity index (χ3v) is 10.4. The van der Waals surface area contributed by atoms with Gasteiger partial charge >= 0.3 is 5.97 Å². The van der Waals surface area contributed by atoms with Gasteiger partial charge in [0.2, 0.25) is 0 Å². The molecule has 1 N–H and O–H groups in total. The van der Waals surface area contributed by atoms with Gasteiger partial charge in [0, 0.05) is 11.5 Å². The van der Waals surface area contributed by atoms with Gasteiger partial charge < -0.3 is 14.3 Å². The van der Waals surface area contributed by atoms with Crippen LogP contribution in [0.3, 0.4) is 0 Å². The summed E-state index contributed by atoms with van der Waals surface area (Å²) in [6.45, 7) is 19.2. The number of ether oxygens (including phenoxy) is 1. The third kappa shape index (κ3) is 8.54. The molecule has 0 aliphatic rings. The highest BCUT2D eigenvalue weighted by molar-refractivity contribution is 7.98. The molecule has 0 fully saturated rings. The van der Waals surface area contributed by atoms with Crippen molar-refractivity contribution < 1.29 is 19.1 Å². The molecule has 0 aliphatic heterocycles. The number of carbonyl (C=O) groups is 1. The first-order valence-electron chi connectivity index (χ1n) is 9.59. The summed E-state index contributed by atoms with van der Waals surface area (Å²) in [6, 6.07) is 0. The molecule has 0 amide bonds. The van der Waals surface area contributed by atoms with Gasteiger partial charge in [0.1, 0.15) is 0 Å². The standard InChI is InChI=1S/C21H40O4SSi/c1-11-15(2)19(25-27(9,10)21(5,6)7)17(4)18(24-14-26-8)13-12-16(3)20(22)23/h11-12,17-19H,13-14H2,1-10H3,(H,22,23)/b15-11+,16-12+. The van der Waals surface area contributed by atoms with Crippen LogP contribution in [0.2, 0.25) is 18.1 Å². The van der Waals surface area contributed by atoms with Crippen LogP contribution >= 0.6 is 11.8 Å². The van der Waals surface area contributed by atoms with Gasteiger partial charge in [0.05, 0.1) is 18.1 Å². The van der Waals surface area contributed by atoms with E-state index in [-0.39, 0.29) is 23.2 Å². The van der Waals surface area contributed by atoms with Crippen molar-refractivity contribution in [1.29, 1.82) is 0 Å². The van der Waals surface area contributed by atoms with E-state index in [1.807, 2.05) is 13.2 Å². The summed E-state index contributed by atoms with van der Waals surface area (Å²) >= 11 is 1.63. The van der Waals surface area contributed by atoms with Crippen LogP contribution in [-0.2, 0) is 14.0 Å². The SMILES string of the molecule is C/C=C(\C)C(O[Si](C)(C)C(C)(C)C)C(C)C(C/C=C(\C)C(=O)O)OCSC. The lowest BCUT2D eigenvalue weighted by Gasteiger charge is -2.42. The summed E-state index contributed by atoms with van der Waals surface area (Å²) in [4.78, 5) is 11.1. The molecular weight excluding hydrogens is 376 g/mol. The Hall–Kier alpha value is -0.563. The van der Waals surface area contributed by atoms with Crippen molar-refractivity contribution >= 4 is 26.0 Å². The van der Waals surface area contributed by atoms with Crippen molar-refractivity contribution in [2.75, 3.05) is 12.2 Å². The predicted molar refractivity (Wildman–Crippen MR) is 120 cm³/mol. The minimum Gasteiger partial charge on any atom is -0.478 e. The lowest BCUT2D eigenvalue weighted by atomic mass is 9.90. The third-order valence-electron chi connectivity index (χ3n) is 5.59. The fourth-order valence-corrected chi connectivity index (χ4v) is 4.14. The molecule has 3 unspecified atom stereocenters. The fraction of sp³-hybridized carbons (Fsp3) is 0.762. The molecule has 0 aromatic carbocycles. The lowest BCUT2D eigenvalue weighted by molar-refractivity contribution is -0.132. The zero-order chi connectivity index (χ0) is 21.4. The molecule has 0 saturated carbocycles. The van der Waals surface area contributed by atoms with Gasteiger partial charge in [0.15, 0.2) is 8.32 Å². The van der Waals surface area contributed by atoms with E-state index in [0.717, 1.165) is 0 Å². The number of rotatable bonds is 11. The molecule has 0 aromatic rings. The maximum Gasteiger partial charge on any atom is 0.330 e. The molecule has 27 heavy (non-hydrogen) atoms. The monoisotopic (exact) mass is 416 g/mol. The van der Waals surface area contributed by atoms with E-state index in [1.165, 1.54) is 5.57 Å². The van der Waals surface area contributed by atoms with E-state index >= 15 is 0 Å². The minimum atomic E-state index is -1.96. The summed E-state index contributed by atoms with van der Waals surface area (Å²) in [5.41, 5.74) is 1.55.